The summed E-state index contributed by atoms with van der Waals surface area (Å²) in [4.78, 5) is 24.6. The summed E-state index contributed by atoms with van der Waals surface area (Å²) in [6, 6.07) is -3.25. The highest BCUT2D eigenvalue weighted by Crippen LogP contribution is 2.34. The first kappa shape index (κ1) is 51.7. The molecule has 4 aliphatic rings. The van der Waals surface area contributed by atoms with E-state index in [4.69, 9.17) is 37.9 Å². The first-order valence-electron chi connectivity index (χ1n) is 19.4. The zero-order valence-electron chi connectivity index (χ0n) is 33.2. The molecule has 61 heavy (non-hydrogen) atoms. The summed E-state index contributed by atoms with van der Waals surface area (Å²) in [5.41, 5.74) is 0. The molecule has 356 valence electrons. The van der Waals surface area contributed by atoms with E-state index in [2.05, 4.69) is 10.6 Å². The number of nitrogens with one attached hydrogen (secondary N) is 2. The van der Waals surface area contributed by atoms with Gasteiger partial charge in [0.2, 0.25) is 11.8 Å². The fourth-order valence-electron chi connectivity index (χ4n) is 7.24. The normalized spacial score (nSPS) is 44.1. The minimum absolute atomic E-state index is 0.715. The highest BCUT2D eigenvalue weighted by Gasteiger charge is 2.55. The van der Waals surface area contributed by atoms with E-state index in [1.165, 1.54) is 6.92 Å². The van der Waals surface area contributed by atoms with Crippen LogP contribution in [0.1, 0.15) is 20.8 Å². The molecule has 4 saturated heterocycles. The molecule has 27 heteroatoms. The van der Waals surface area contributed by atoms with Gasteiger partial charge in [0.05, 0.1) is 39.1 Å². The second-order valence-electron chi connectivity index (χ2n) is 15.2. The number of amides is 2. The number of carbonyl (C=O) groups is 2. The maximum Gasteiger partial charge on any atom is 0.217 e. The largest absolute Gasteiger partial charge is 0.394 e. The number of aliphatic hydroxyl groups is 15. The Kier molecular flexibility index (Phi) is 19.3. The molecule has 4 fully saturated rings. The van der Waals surface area contributed by atoms with Gasteiger partial charge in [-0.3, -0.25) is 9.59 Å². The van der Waals surface area contributed by atoms with Gasteiger partial charge in [-0.15, -0.1) is 0 Å². The Morgan fingerprint density at radius 3 is 1.66 bits per heavy atom. The number of hydrogen-bond acceptors (Lipinski definition) is 25. The van der Waals surface area contributed by atoms with Crippen LogP contribution in [-0.2, 0) is 47.5 Å². The molecule has 0 radical (unpaired) electrons. The lowest BCUT2D eigenvalue weighted by molar-refractivity contribution is -0.369. The van der Waals surface area contributed by atoms with Crippen LogP contribution in [0.4, 0.5) is 0 Å². The summed E-state index contributed by atoms with van der Waals surface area (Å²) in [7, 11) is 0. The van der Waals surface area contributed by atoms with Gasteiger partial charge in [0.1, 0.15) is 116 Å². The number of rotatable bonds is 18. The van der Waals surface area contributed by atoms with Gasteiger partial charge < -0.3 is 125 Å². The third kappa shape index (κ3) is 12.0. The Balaban J connectivity index is 1.68. The number of hydrogen-bond donors (Lipinski definition) is 17. The summed E-state index contributed by atoms with van der Waals surface area (Å²) in [6.07, 6.45) is -40.0. The quantitative estimate of drug-likeness (QED) is 0.0607. The predicted molar refractivity (Wildman–Crippen MR) is 191 cm³/mol. The molecule has 0 unspecified atom stereocenters. The first-order valence-corrected chi connectivity index (χ1v) is 19.4. The molecule has 4 heterocycles. The van der Waals surface area contributed by atoms with E-state index in [-0.39, 0.29) is 0 Å². The summed E-state index contributed by atoms with van der Waals surface area (Å²) < 4.78 is 45.8. The van der Waals surface area contributed by atoms with Crippen molar-refractivity contribution in [1.82, 2.24) is 10.6 Å². The average molecular weight is 897 g/mol. The van der Waals surface area contributed by atoms with Crippen LogP contribution in [0.3, 0.4) is 0 Å². The molecule has 24 atom stereocenters. The molecular weight excluding hydrogens is 836 g/mol. The molecule has 0 saturated carbocycles. The van der Waals surface area contributed by atoms with Gasteiger partial charge in [0.25, 0.3) is 0 Å². The fourth-order valence-corrected chi connectivity index (χ4v) is 7.24. The van der Waals surface area contributed by atoms with Gasteiger partial charge in [0, 0.05) is 13.8 Å². The Hall–Kier alpha value is -1.98. The van der Waals surface area contributed by atoms with Crippen molar-refractivity contribution < 1.29 is 124 Å². The number of carbonyl (C=O) groups excluding carboxylic acids is 2. The lowest BCUT2D eigenvalue weighted by Gasteiger charge is -2.50. The third-order valence-electron chi connectivity index (χ3n) is 10.7. The summed E-state index contributed by atoms with van der Waals surface area (Å²) in [5.74, 6) is -1.54. The molecule has 0 aliphatic carbocycles. The van der Waals surface area contributed by atoms with Gasteiger partial charge in [0.15, 0.2) is 25.2 Å². The van der Waals surface area contributed by atoms with Crippen molar-refractivity contribution in [1.29, 1.82) is 0 Å². The third-order valence-corrected chi connectivity index (χ3v) is 10.7. The van der Waals surface area contributed by atoms with E-state index in [0.717, 1.165) is 13.8 Å². The van der Waals surface area contributed by atoms with Crippen LogP contribution in [0, 0.1) is 0 Å². The lowest BCUT2D eigenvalue weighted by Crippen LogP contribution is -2.70. The zero-order chi connectivity index (χ0) is 45.6. The smallest absolute Gasteiger partial charge is 0.217 e. The van der Waals surface area contributed by atoms with Gasteiger partial charge >= 0.3 is 0 Å². The number of aliphatic hydroxyl groups excluding tert-OH is 15. The van der Waals surface area contributed by atoms with Crippen molar-refractivity contribution in [2.24, 2.45) is 0 Å². The Bertz CT molecular complexity index is 1370. The van der Waals surface area contributed by atoms with Crippen molar-refractivity contribution in [3.05, 3.63) is 0 Å². The Morgan fingerprint density at radius 2 is 1.10 bits per heavy atom. The van der Waals surface area contributed by atoms with Gasteiger partial charge in [-0.1, -0.05) is 0 Å². The fraction of sp³-hybridized carbons (Fsp3) is 0.941. The SMILES string of the molecule is CC(=O)N[C@H]1[C@H](O[C@@H]2[C@@H](O)[C@H](C)O[C@@H](O[C@H]3[C@H](O)[C@@H](CO[C@H]4O[C@H](CO)[C@@H](O)[C@H](O)[C@H]4O)O[C@@H](O[C@@H](CO)[C@@H](O)[C@@H](O)[C@H](O)CO)[C@@H]3NC(C)=O)[C@@H]2O)O[C@H](CO)[C@@H](O)[C@@H]1O. The van der Waals surface area contributed by atoms with Crippen LogP contribution in [0.2, 0.25) is 0 Å². The van der Waals surface area contributed by atoms with Gasteiger partial charge in [-0.2, -0.15) is 0 Å². The first-order chi connectivity index (χ1) is 28.7. The second-order valence-corrected chi connectivity index (χ2v) is 15.2. The van der Waals surface area contributed by atoms with Crippen molar-refractivity contribution in [2.45, 2.75) is 168 Å². The van der Waals surface area contributed by atoms with Gasteiger partial charge in [-0.05, 0) is 6.92 Å². The predicted octanol–water partition coefficient (Wildman–Crippen LogP) is -11.0. The molecule has 0 spiro atoms. The molecule has 0 aromatic heterocycles. The van der Waals surface area contributed by atoms with Crippen molar-refractivity contribution in [3.8, 4) is 0 Å². The monoisotopic (exact) mass is 896 g/mol. The highest BCUT2D eigenvalue weighted by atomic mass is 16.8. The average Bonchev–Trinajstić information content (AvgIpc) is 3.22. The highest BCUT2D eigenvalue weighted by molar-refractivity contribution is 5.73. The lowest BCUT2D eigenvalue weighted by atomic mass is 9.94. The Morgan fingerprint density at radius 1 is 0.557 bits per heavy atom. The van der Waals surface area contributed by atoms with E-state index < -0.39 is 192 Å². The molecule has 17 N–H and O–H groups in total. The van der Waals surface area contributed by atoms with E-state index in [0.29, 0.717) is 0 Å². The zero-order valence-corrected chi connectivity index (χ0v) is 33.2. The van der Waals surface area contributed by atoms with E-state index in [1.54, 1.807) is 0 Å². The maximum absolute atomic E-state index is 12.6. The summed E-state index contributed by atoms with van der Waals surface area (Å²) in [5, 5.41) is 161. The molecule has 4 aliphatic heterocycles. The molecule has 4 rings (SSSR count). The molecule has 0 aromatic carbocycles. The maximum atomic E-state index is 12.6. The Labute approximate surface area is 347 Å². The molecule has 2 amide bonds. The van der Waals surface area contributed by atoms with Crippen LogP contribution < -0.4 is 10.6 Å². The summed E-state index contributed by atoms with van der Waals surface area (Å²) in [6.45, 7) is -1.22. The molecule has 0 bridgehead atoms. The van der Waals surface area contributed by atoms with E-state index in [9.17, 15) is 86.2 Å². The topological polar surface area (TPSA) is 435 Å². The van der Waals surface area contributed by atoms with Crippen molar-refractivity contribution in [2.75, 3.05) is 33.0 Å². The van der Waals surface area contributed by atoms with E-state index >= 15 is 0 Å². The van der Waals surface area contributed by atoms with Crippen LogP contribution in [-0.4, -0.2) is 269 Å². The minimum Gasteiger partial charge on any atom is -0.394 e. The standard InChI is InChI=1S/C34H60N2O25/c1-9-19(44)30(61-31-17(35-10(2)41)25(50)22(47)14(6-39)56-31)28(53)34(55-9)60-29-18(36-11(3)42)32(57-13(5-38)21(46)20(45)12(43)4-37)59-16(24(29)49)8-54-33-27(52)26(51)23(48)15(7-40)58-33/h9,12-34,37-40,43-53H,4-8H2,1-3H3,(H,35,41)(H,36,42)/t9-,12+,13-,14+,15+,16+,17+,18+,19-,20-,21+,22+,23+,24+,25+,26-,27+,28+,29+,30+,31-,32+,33-,34-/m0/s1. The van der Waals surface area contributed by atoms with Crippen molar-refractivity contribution in [3.63, 3.8) is 0 Å². The minimum atomic E-state index is -2.15. The summed E-state index contributed by atoms with van der Waals surface area (Å²) >= 11 is 0. The van der Waals surface area contributed by atoms with Crippen molar-refractivity contribution >= 4 is 11.8 Å². The number of ether oxygens (including phenoxy) is 8. The molecule has 0 aromatic rings. The van der Waals surface area contributed by atoms with Gasteiger partial charge in [-0.25, -0.2) is 0 Å². The van der Waals surface area contributed by atoms with Crippen LogP contribution >= 0.6 is 0 Å². The molecular formula is C34H60N2O25. The molecule has 27 nitrogen and oxygen atoms in total. The van der Waals surface area contributed by atoms with Crippen LogP contribution in [0.25, 0.3) is 0 Å². The van der Waals surface area contributed by atoms with Crippen LogP contribution in [0.5, 0.6) is 0 Å². The van der Waals surface area contributed by atoms with E-state index in [1.807, 2.05) is 0 Å². The van der Waals surface area contributed by atoms with Crippen LogP contribution in [0.15, 0.2) is 0 Å². The second kappa shape index (κ2) is 22.8.